The van der Waals surface area contributed by atoms with Crippen LogP contribution >= 0.6 is 0 Å². The van der Waals surface area contributed by atoms with Gasteiger partial charge in [-0.15, -0.1) is 10.2 Å². The highest BCUT2D eigenvalue weighted by molar-refractivity contribution is 7.89. The summed E-state index contributed by atoms with van der Waals surface area (Å²) in [5.41, 5.74) is 2.03. The maximum absolute atomic E-state index is 12.0. The van der Waals surface area contributed by atoms with Crippen LogP contribution in [0.25, 0.3) is 11.4 Å². The van der Waals surface area contributed by atoms with Gasteiger partial charge in [0, 0.05) is 19.7 Å². The number of rotatable bonds is 7. The first-order valence-electron chi connectivity index (χ1n) is 8.37. The lowest BCUT2D eigenvalue weighted by Crippen LogP contribution is -2.22. The second-order valence-electron chi connectivity index (χ2n) is 6.13. The Kier molecular flexibility index (Phi) is 5.52. The first kappa shape index (κ1) is 19.0. The highest BCUT2D eigenvalue weighted by Crippen LogP contribution is 2.19. The van der Waals surface area contributed by atoms with Gasteiger partial charge in [-0.1, -0.05) is 24.3 Å². The van der Waals surface area contributed by atoms with Gasteiger partial charge in [0.2, 0.25) is 15.8 Å². The Morgan fingerprint density at radius 1 is 1.07 bits per heavy atom. The lowest BCUT2D eigenvalue weighted by Gasteiger charge is -2.12. The minimum Gasteiger partial charge on any atom is -0.492 e. The van der Waals surface area contributed by atoms with Crippen LogP contribution in [0.15, 0.2) is 53.4 Å². The van der Waals surface area contributed by atoms with Crippen molar-refractivity contribution in [2.24, 2.45) is 0 Å². The predicted octanol–water partition coefficient (Wildman–Crippen LogP) is 1.98. The summed E-state index contributed by atoms with van der Waals surface area (Å²) in [5.74, 6) is 1.15. The van der Waals surface area contributed by atoms with Crippen molar-refractivity contribution in [2.45, 2.75) is 18.4 Å². The van der Waals surface area contributed by atoms with E-state index in [1.807, 2.05) is 31.2 Å². The zero-order valence-corrected chi connectivity index (χ0v) is 16.2. The molecule has 0 aliphatic rings. The largest absolute Gasteiger partial charge is 0.492 e. The third-order valence-electron chi connectivity index (χ3n) is 4.00. The zero-order valence-electron chi connectivity index (χ0n) is 15.4. The molecular weight excluding hydrogens is 366 g/mol. The Morgan fingerprint density at radius 3 is 2.44 bits per heavy atom. The van der Waals surface area contributed by atoms with Crippen LogP contribution in [0.3, 0.4) is 0 Å². The molecule has 0 saturated carbocycles. The molecule has 0 N–H and O–H groups in total. The number of benzene rings is 2. The van der Waals surface area contributed by atoms with E-state index in [1.165, 1.54) is 35.3 Å². The lowest BCUT2D eigenvalue weighted by atomic mass is 10.1. The van der Waals surface area contributed by atoms with Gasteiger partial charge in [0.05, 0.1) is 11.4 Å². The number of hydrogen-bond donors (Lipinski definition) is 0. The molecule has 3 aromatic rings. The van der Waals surface area contributed by atoms with Crippen molar-refractivity contribution in [1.29, 1.82) is 0 Å². The molecule has 0 aliphatic heterocycles. The van der Waals surface area contributed by atoms with Gasteiger partial charge in [-0.3, -0.25) is 0 Å². The summed E-state index contributed by atoms with van der Waals surface area (Å²) >= 11 is 0. The van der Waals surface area contributed by atoms with Crippen molar-refractivity contribution < 1.29 is 13.2 Å². The minimum atomic E-state index is -3.44. The first-order chi connectivity index (χ1) is 12.9. The molecule has 9 heteroatoms. The standard InChI is InChI=1S/C18H21N5O3S/c1-14-6-4-5-7-17(14)18-19-21-23(20-18)12-13-26-15-8-10-16(11-9-15)27(24,25)22(2)3/h4-11H,12-13H2,1-3H3. The van der Waals surface area contributed by atoms with Crippen molar-refractivity contribution in [3.05, 3.63) is 54.1 Å². The molecule has 0 amide bonds. The summed E-state index contributed by atoms with van der Waals surface area (Å²) in [5, 5.41) is 12.5. The fraction of sp³-hybridized carbons (Fsp3) is 0.278. The number of tetrazole rings is 1. The van der Waals surface area contributed by atoms with Crippen LogP contribution in [0, 0.1) is 6.92 Å². The topological polar surface area (TPSA) is 90.2 Å². The van der Waals surface area contributed by atoms with E-state index in [4.69, 9.17) is 4.74 Å². The number of nitrogens with zero attached hydrogens (tertiary/aromatic N) is 5. The molecule has 1 heterocycles. The number of aryl methyl sites for hydroxylation is 1. The smallest absolute Gasteiger partial charge is 0.242 e. The summed E-state index contributed by atoms with van der Waals surface area (Å²) in [7, 11) is -0.447. The van der Waals surface area contributed by atoms with Crippen LogP contribution in [0.2, 0.25) is 0 Å². The molecule has 27 heavy (non-hydrogen) atoms. The normalized spacial score (nSPS) is 11.7. The molecule has 0 radical (unpaired) electrons. The molecule has 0 atom stereocenters. The molecule has 2 aromatic carbocycles. The van der Waals surface area contributed by atoms with E-state index in [1.54, 1.807) is 12.1 Å². The Balaban J connectivity index is 1.59. The Morgan fingerprint density at radius 2 is 1.78 bits per heavy atom. The van der Waals surface area contributed by atoms with Gasteiger partial charge >= 0.3 is 0 Å². The van der Waals surface area contributed by atoms with Crippen LogP contribution < -0.4 is 4.74 Å². The molecule has 0 spiro atoms. The van der Waals surface area contributed by atoms with Gasteiger partial charge in [-0.2, -0.15) is 4.80 Å². The maximum atomic E-state index is 12.0. The molecule has 0 unspecified atom stereocenters. The van der Waals surface area contributed by atoms with Crippen molar-refractivity contribution >= 4 is 10.0 Å². The summed E-state index contributed by atoms with van der Waals surface area (Å²) < 4.78 is 30.9. The molecule has 3 rings (SSSR count). The predicted molar refractivity (Wildman–Crippen MR) is 101 cm³/mol. The van der Waals surface area contributed by atoms with Crippen molar-refractivity contribution in [3.63, 3.8) is 0 Å². The molecule has 0 aliphatic carbocycles. The summed E-state index contributed by atoms with van der Waals surface area (Å²) in [6.45, 7) is 2.76. The van der Waals surface area contributed by atoms with E-state index >= 15 is 0 Å². The average Bonchev–Trinajstić information content (AvgIpc) is 3.11. The monoisotopic (exact) mass is 387 g/mol. The molecule has 0 saturated heterocycles. The summed E-state index contributed by atoms with van der Waals surface area (Å²) in [6, 6.07) is 14.2. The van der Waals surface area contributed by atoms with Crippen LogP contribution in [0.5, 0.6) is 5.75 Å². The van der Waals surface area contributed by atoms with Crippen molar-refractivity contribution in [2.75, 3.05) is 20.7 Å². The maximum Gasteiger partial charge on any atom is 0.242 e. The van der Waals surface area contributed by atoms with E-state index in [2.05, 4.69) is 15.4 Å². The minimum absolute atomic E-state index is 0.223. The molecule has 8 nitrogen and oxygen atoms in total. The van der Waals surface area contributed by atoms with Gasteiger partial charge in [0.25, 0.3) is 0 Å². The summed E-state index contributed by atoms with van der Waals surface area (Å²) in [6.07, 6.45) is 0. The highest BCUT2D eigenvalue weighted by atomic mass is 32.2. The number of hydrogen-bond acceptors (Lipinski definition) is 6. The highest BCUT2D eigenvalue weighted by Gasteiger charge is 2.16. The molecular formula is C18H21N5O3S. The van der Waals surface area contributed by atoms with Crippen LogP contribution in [-0.4, -0.2) is 53.6 Å². The zero-order chi connectivity index (χ0) is 19.4. The summed E-state index contributed by atoms with van der Waals surface area (Å²) in [4.78, 5) is 1.70. The van der Waals surface area contributed by atoms with Gasteiger partial charge in [0.15, 0.2) is 0 Å². The van der Waals surface area contributed by atoms with Gasteiger partial charge in [0.1, 0.15) is 12.4 Å². The third kappa shape index (κ3) is 4.32. The van der Waals surface area contributed by atoms with Gasteiger partial charge in [-0.05, 0) is 42.0 Å². The second-order valence-corrected chi connectivity index (χ2v) is 8.28. The fourth-order valence-electron chi connectivity index (χ4n) is 2.43. The van der Waals surface area contributed by atoms with Gasteiger partial charge < -0.3 is 4.74 Å². The van der Waals surface area contributed by atoms with E-state index < -0.39 is 10.0 Å². The third-order valence-corrected chi connectivity index (χ3v) is 5.83. The molecule has 0 bridgehead atoms. The Hall–Kier alpha value is -2.78. The van der Waals surface area contributed by atoms with E-state index in [0.29, 0.717) is 24.7 Å². The van der Waals surface area contributed by atoms with Crippen LogP contribution in [0.4, 0.5) is 0 Å². The Bertz CT molecular complexity index is 1010. The van der Waals surface area contributed by atoms with Crippen molar-refractivity contribution in [3.8, 4) is 17.1 Å². The van der Waals surface area contributed by atoms with E-state index in [0.717, 1.165) is 11.1 Å². The number of aromatic nitrogens is 4. The van der Waals surface area contributed by atoms with Crippen LogP contribution in [-0.2, 0) is 16.6 Å². The first-order valence-corrected chi connectivity index (χ1v) is 9.81. The fourth-order valence-corrected chi connectivity index (χ4v) is 3.34. The quantitative estimate of drug-likeness (QED) is 0.616. The van der Waals surface area contributed by atoms with E-state index in [9.17, 15) is 8.42 Å². The average molecular weight is 387 g/mol. The molecule has 0 fully saturated rings. The molecule has 142 valence electrons. The molecule has 1 aromatic heterocycles. The Labute approximate surface area is 158 Å². The SMILES string of the molecule is Cc1ccccc1-c1nnn(CCOc2ccc(S(=O)(=O)N(C)C)cc2)n1. The number of sulfonamides is 1. The van der Waals surface area contributed by atoms with Crippen molar-refractivity contribution in [1.82, 2.24) is 24.5 Å². The number of ether oxygens (including phenoxy) is 1. The second kappa shape index (κ2) is 7.85. The lowest BCUT2D eigenvalue weighted by molar-refractivity contribution is 0.280. The van der Waals surface area contributed by atoms with E-state index in [-0.39, 0.29) is 4.90 Å². The van der Waals surface area contributed by atoms with Gasteiger partial charge in [-0.25, -0.2) is 12.7 Å². The van der Waals surface area contributed by atoms with Crippen LogP contribution in [0.1, 0.15) is 5.56 Å².